The Balaban J connectivity index is 1.85. The molecule has 3 amide bonds. The second kappa shape index (κ2) is 6.88. The quantitative estimate of drug-likeness (QED) is 0.887. The predicted molar refractivity (Wildman–Crippen MR) is 97.0 cm³/mol. The van der Waals surface area contributed by atoms with E-state index >= 15 is 0 Å². The summed E-state index contributed by atoms with van der Waals surface area (Å²) in [5.74, 6) is 0.0335. The van der Waals surface area contributed by atoms with E-state index in [-0.39, 0.29) is 18.0 Å². The molecule has 0 unspecified atom stereocenters. The fourth-order valence-corrected chi connectivity index (χ4v) is 3.39. The van der Waals surface area contributed by atoms with Crippen LogP contribution in [0.15, 0.2) is 35.5 Å². The van der Waals surface area contributed by atoms with E-state index in [4.69, 9.17) is 0 Å². The minimum absolute atomic E-state index is 0.0335. The Labute approximate surface area is 149 Å². The van der Waals surface area contributed by atoms with E-state index in [1.807, 2.05) is 50.2 Å². The SMILES string of the molecule is Cc1ccc([C@H]2NC(=O)N(C)C3=C2C(=O)N(CCCN(C)C)C3)cc1. The summed E-state index contributed by atoms with van der Waals surface area (Å²) in [5.41, 5.74) is 3.63. The van der Waals surface area contributed by atoms with Gasteiger partial charge >= 0.3 is 6.03 Å². The molecule has 25 heavy (non-hydrogen) atoms. The Morgan fingerprint density at radius 3 is 2.52 bits per heavy atom. The maximum absolute atomic E-state index is 13.0. The highest BCUT2D eigenvalue weighted by Gasteiger charge is 2.42. The van der Waals surface area contributed by atoms with Gasteiger partial charge in [0.25, 0.3) is 5.91 Å². The van der Waals surface area contributed by atoms with Crippen LogP contribution in [0.1, 0.15) is 23.6 Å². The number of nitrogens with zero attached hydrogens (tertiary/aromatic N) is 3. The van der Waals surface area contributed by atoms with E-state index in [1.54, 1.807) is 11.9 Å². The van der Waals surface area contributed by atoms with E-state index in [9.17, 15) is 9.59 Å². The molecular weight excluding hydrogens is 316 g/mol. The van der Waals surface area contributed by atoms with Crippen molar-refractivity contribution < 1.29 is 9.59 Å². The van der Waals surface area contributed by atoms with Gasteiger partial charge in [-0.1, -0.05) is 29.8 Å². The molecule has 6 nitrogen and oxygen atoms in total. The van der Waals surface area contributed by atoms with Crippen molar-refractivity contribution >= 4 is 11.9 Å². The van der Waals surface area contributed by atoms with Gasteiger partial charge in [-0.3, -0.25) is 9.69 Å². The number of carbonyl (C=O) groups is 2. The van der Waals surface area contributed by atoms with Gasteiger partial charge in [-0.25, -0.2) is 4.79 Å². The van der Waals surface area contributed by atoms with Crippen LogP contribution < -0.4 is 5.32 Å². The summed E-state index contributed by atoms with van der Waals surface area (Å²) < 4.78 is 0. The summed E-state index contributed by atoms with van der Waals surface area (Å²) in [6.07, 6.45) is 0.916. The lowest BCUT2D eigenvalue weighted by Gasteiger charge is -2.31. The Morgan fingerprint density at radius 1 is 1.20 bits per heavy atom. The van der Waals surface area contributed by atoms with Gasteiger partial charge in [0, 0.05) is 13.6 Å². The maximum atomic E-state index is 13.0. The van der Waals surface area contributed by atoms with Crippen LogP contribution in [0.3, 0.4) is 0 Å². The summed E-state index contributed by atoms with van der Waals surface area (Å²) >= 11 is 0. The van der Waals surface area contributed by atoms with Gasteiger partial charge in [-0.2, -0.15) is 0 Å². The van der Waals surface area contributed by atoms with Crippen LogP contribution in [0.25, 0.3) is 0 Å². The van der Waals surface area contributed by atoms with Crippen molar-refractivity contribution in [1.82, 2.24) is 20.0 Å². The van der Waals surface area contributed by atoms with Gasteiger partial charge in [-0.15, -0.1) is 0 Å². The molecule has 1 aromatic rings. The smallest absolute Gasteiger partial charge is 0.322 e. The molecule has 2 aliphatic heterocycles. The van der Waals surface area contributed by atoms with Crippen LogP contribution >= 0.6 is 0 Å². The zero-order valence-electron chi connectivity index (χ0n) is 15.4. The summed E-state index contributed by atoms with van der Waals surface area (Å²) in [6, 6.07) is 7.46. The average Bonchev–Trinajstić information content (AvgIpc) is 2.89. The molecule has 0 bridgehead atoms. The molecule has 0 saturated heterocycles. The molecule has 134 valence electrons. The number of amides is 3. The number of hydrogen-bond donors (Lipinski definition) is 1. The highest BCUT2D eigenvalue weighted by atomic mass is 16.2. The normalized spacial score (nSPS) is 20.4. The molecule has 3 rings (SSSR count). The lowest BCUT2D eigenvalue weighted by atomic mass is 9.95. The molecule has 0 spiro atoms. The van der Waals surface area contributed by atoms with Crippen molar-refractivity contribution in [2.45, 2.75) is 19.4 Å². The van der Waals surface area contributed by atoms with Gasteiger partial charge in [0.15, 0.2) is 0 Å². The Morgan fingerprint density at radius 2 is 1.88 bits per heavy atom. The minimum Gasteiger partial charge on any atom is -0.333 e. The van der Waals surface area contributed by atoms with Gasteiger partial charge in [0.05, 0.1) is 23.9 Å². The third kappa shape index (κ3) is 3.39. The van der Waals surface area contributed by atoms with Crippen molar-refractivity contribution in [1.29, 1.82) is 0 Å². The fourth-order valence-electron chi connectivity index (χ4n) is 3.39. The first kappa shape index (κ1) is 17.5. The first-order valence-corrected chi connectivity index (χ1v) is 8.66. The van der Waals surface area contributed by atoms with Crippen molar-refractivity contribution in [2.24, 2.45) is 0 Å². The summed E-state index contributed by atoms with van der Waals surface area (Å²) in [4.78, 5) is 30.9. The van der Waals surface area contributed by atoms with Gasteiger partial charge in [-0.05, 0) is 39.5 Å². The minimum atomic E-state index is -0.370. The van der Waals surface area contributed by atoms with E-state index in [2.05, 4.69) is 10.2 Å². The number of rotatable bonds is 5. The van der Waals surface area contributed by atoms with Crippen molar-refractivity contribution in [3.8, 4) is 0 Å². The first-order chi connectivity index (χ1) is 11.9. The average molecular weight is 342 g/mol. The lowest BCUT2D eigenvalue weighted by molar-refractivity contribution is -0.125. The second-order valence-electron chi connectivity index (χ2n) is 7.10. The fraction of sp³-hybridized carbons (Fsp3) is 0.474. The van der Waals surface area contributed by atoms with Crippen LogP contribution in [0.2, 0.25) is 0 Å². The number of carbonyl (C=O) groups excluding carboxylic acids is 2. The standard InChI is InChI=1S/C19H26N4O2/c1-13-6-8-14(9-7-13)17-16-15(22(4)19(25)20-17)12-23(18(16)24)11-5-10-21(2)3/h6-9,17H,5,10-12H2,1-4H3,(H,20,25)/t17-/m1/s1. The maximum Gasteiger partial charge on any atom is 0.322 e. The molecule has 1 atom stereocenters. The molecule has 2 aliphatic rings. The molecular formula is C19H26N4O2. The molecule has 0 saturated carbocycles. The topological polar surface area (TPSA) is 55.9 Å². The van der Waals surface area contributed by atoms with Crippen molar-refractivity contribution in [3.05, 3.63) is 46.7 Å². The Kier molecular flexibility index (Phi) is 4.81. The Hall–Kier alpha value is -2.34. The highest BCUT2D eigenvalue weighted by Crippen LogP contribution is 2.35. The van der Waals surface area contributed by atoms with Gasteiger partial charge < -0.3 is 15.1 Å². The molecule has 0 aromatic heterocycles. The van der Waals surface area contributed by atoms with Gasteiger partial charge in [0.1, 0.15) is 0 Å². The zero-order chi connectivity index (χ0) is 18.1. The molecule has 1 aromatic carbocycles. The van der Waals surface area contributed by atoms with Crippen LogP contribution in [-0.2, 0) is 4.79 Å². The third-order valence-electron chi connectivity index (χ3n) is 4.88. The monoisotopic (exact) mass is 342 g/mol. The second-order valence-corrected chi connectivity index (χ2v) is 7.10. The van der Waals surface area contributed by atoms with E-state index in [0.717, 1.165) is 29.8 Å². The zero-order valence-corrected chi connectivity index (χ0v) is 15.4. The summed E-state index contributed by atoms with van der Waals surface area (Å²) in [5, 5.41) is 2.97. The van der Waals surface area contributed by atoms with E-state index in [0.29, 0.717) is 18.7 Å². The van der Waals surface area contributed by atoms with E-state index in [1.165, 1.54) is 0 Å². The Bertz CT molecular complexity index is 709. The molecule has 0 radical (unpaired) electrons. The van der Waals surface area contributed by atoms with E-state index < -0.39 is 0 Å². The number of hydrogen-bond acceptors (Lipinski definition) is 3. The van der Waals surface area contributed by atoms with Crippen LogP contribution in [-0.4, -0.2) is 67.4 Å². The highest BCUT2D eigenvalue weighted by molar-refractivity contribution is 6.01. The van der Waals surface area contributed by atoms with Gasteiger partial charge in [0.2, 0.25) is 0 Å². The molecule has 0 aliphatic carbocycles. The predicted octanol–water partition coefficient (Wildman–Crippen LogP) is 1.74. The largest absolute Gasteiger partial charge is 0.333 e. The number of benzene rings is 1. The molecule has 6 heteroatoms. The molecule has 2 heterocycles. The van der Waals surface area contributed by atoms with Crippen molar-refractivity contribution in [3.63, 3.8) is 0 Å². The van der Waals surface area contributed by atoms with Crippen LogP contribution in [0.5, 0.6) is 0 Å². The first-order valence-electron chi connectivity index (χ1n) is 8.66. The molecule has 1 N–H and O–H groups in total. The number of urea groups is 1. The number of nitrogens with one attached hydrogen (secondary N) is 1. The number of aryl methyl sites for hydroxylation is 1. The van der Waals surface area contributed by atoms with Crippen LogP contribution in [0.4, 0.5) is 4.79 Å². The summed E-state index contributed by atoms with van der Waals surface area (Å²) in [6.45, 7) is 4.16. The lowest BCUT2D eigenvalue weighted by Crippen LogP contribution is -2.45. The summed E-state index contributed by atoms with van der Waals surface area (Å²) in [7, 11) is 5.78. The van der Waals surface area contributed by atoms with Crippen LogP contribution in [0, 0.1) is 6.92 Å². The molecule has 0 fully saturated rings. The van der Waals surface area contributed by atoms with Crippen molar-refractivity contribution in [2.75, 3.05) is 40.8 Å². The third-order valence-corrected chi connectivity index (χ3v) is 4.88. The number of likely N-dealkylation sites (N-methyl/N-ethyl adjacent to an activating group) is 1.